The van der Waals surface area contributed by atoms with E-state index in [9.17, 15) is 0 Å². The van der Waals surface area contributed by atoms with Crippen LogP contribution in [0.2, 0.25) is 0 Å². The van der Waals surface area contributed by atoms with E-state index < -0.39 is 0 Å². The number of nitrogens with one attached hydrogen (secondary N) is 2. The minimum atomic E-state index is 0. The van der Waals surface area contributed by atoms with Gasteiger partial charge in [0.05, 0.1) is 6.10 Å². The summed E-state index contributed by atoms with van der Waals surface area (Å²) in [5, 5.41) is 7.14. The maximum Gasteiger partial charge on any atom is 0.190 e. The van der Waals surface area contributed by atoms with E-state index in [4.69, 9.17) is 4.74 Å². The van der Waals surface area contributed by atoms with Crippen molar-refractivity contribution >= 4 is 29.9 Å². The summed E-state index contributed by atoms with van der Waals surface area (Å²) in [5.41, 5.74) is 2.59. The molecule has 0 bridgehead atoms. The molecule has 2 saturated heterocycles. The van der Waals surface area contributed by atoms with Crippen molar-refractivity contribution in [3.8, 4) is 0 Å². The van der Waals surface area contributed by atoms with Crippen LogP contribution < -0.4 is 10.6 Å². The third-order valence-corrected chi connectivity index (χ3v) is 6.44. The zero-order valence-corrected chi connectivity index (χ0v) is 21.5. The summed E-state index contributed by atoms with van der Waals surface area (Å²) in [6, 6.07) is 9.44. The summed E-state index contributed by atoms with van der Waals surface area (Å²) in [6.45, 7) is 11.9. The SMILES string of the molecule is CN=C(NCC1CCCN(C(C)C)C1)NCC1CCCOC1c1ccc(C)cc1.I. The standard InChI is InChI=1S/C24H40N4O.HI/c1-18(2)28-13-5-7-20(17-28)15-26-24(25-4)27-16-22-8-6-14-29-23(22)21-11-9-19(3)10-12-21;/h9-12,18,20,22-23H,5-8,13-17H2,1-4H3,(H2,25,26,27);1H. The fourth-order valence-corrected chi connectivity index (χ4v) is 4.60. The van der Waals surface area contributed by atoms with Gasteiger partial charge in [0.25, 0.3) is 0 Å². The quantitative estimate of drug-likeness (QED) is 0.327. The van der Waals surface area contributed by atoms with Gasteiger partial charge < -0.3 is 20.3 Å². The number of aryl methyl sites for hydroxylation is 1. The molecule has 0 saturated carbocycles. The molecule has 0 amide bonds. The second-order valence-corrected chi connectivity index (χ2v) is 9.04. The average molecular weight is 529 g/mol. The lowest BCUT2D eigenvalue weighted by Gasteiger charge is -2.36. The van der Waals surface area contributed by atoms with Gasteiger partial charge in [-0.3, -0.25) is 4.99 Å². The molecule has 170 valence electrons. The highest BCUT2D eigenvalue weighted by molar-refractivity contribution is 14.0. The molecule has 3 rings (SSSR count). The zero-order valence-electron chi connectivity index (χ0n) is 19.2. The molecule has 2 fully saturated rings. The Bertz CT molecular complexity index is 649. The minimum Gasteiger partial charge on any atom is -0.373 e. The summed E-state index contributed by atoms with van der Waals surface area (Å²) in [7, 11) is 1.87. The fraction of sp³-hybridized carbons (Fsp3) is 0.708. The predicted octanol–water partition coefficient (Wildman–Crippen LogP) is 4.37. The van der Waals surface area contributed by atoms with E-state index in [1.165, 1.54) is 43.5 Å². The van der Waals surface area contributed by atoms with Crippen LogP contribution in [-0.2, 0) is 4.74 Å². The third-order valence-electron chi connectivity index (χ3n) is 6.44. The number of guanidine groups is 1. The number of piperidine rings is 1. The Morgan fingerprint density at radius 2 is 1.87 bits per heavy atom. The molecule has 2 heterocycles. The van der Waals surface area contributed by atoms with Crippen LogP contribution in [0.1, 0.15) is 56.8 Å². The zero-order chi connectivity index (χ0) is 20.6. The molecule has 0 aromatic heterocycles. The average Bonchev–Trinajstić information content (AvgIpc) is 2.75. The molecule has 5 nitrogen and oxygen atoms in total. The van der Waals surface area contributed by atoms with Crippen LogP contribution in [0.15, 0.2) is 29.3 Å². The van der Waals surface area contributed by atoms with Crippen LogP contribution >= 0.6 is 24.0 Å². The van der Waals surface area contributed by atoms with Crippen molar-refractivity contribution in [3.63, 3.8) is 0 Å². The Hall–Kier alpha value is -0.860. The molecule has 0 aliphatic carbocycles. The van der Waals surface area contributed by atoms with Crippen molar-refractivity contribution in [2.75, 3.05) is 39.8 Å². The maximum atomic E-state index is 6.17. The predicted molar refractivity (Wildman–Crippen MR) is 137 cm³/mol. The van der Waals surface area contributed by atoms with Crippen molar-refractivity contribution in [2.45, 2.75) is 58.6 Å². The van der Waals surface area contributed by atoms with Gasteiger partial charge in [-0.2, -0.15) is 0 Å². The van der Waals surface area contributed by atoms with Gasteiger partial charge in [-0.05, 0) is 64.5 Å². The van der Waals surface area contributed by atoms with E-state index in [-0.39, 0.29) is 30.1 Å². The first-order chi connectivity index (χ1) is 14.1. The highest BCUT2D eigenvalue weighted by Gasteiger charge is 2.28. The molecule has 1 aromatic carbocycles. The van der Waals surface area contributed by atoms with Gasteiger partial charge in [0, 0.05) is 45.2 Å². The summed E-state index contributed by atoms with van der Waals surface area (Å²) in [4.78, 5) is 7.06. The van der Waals surface area contributed by atoms with Crippen LogP contribution in [0.25, 0.3) is 0 Å². The Balaban J connectivity index is 0.00000320. The van der Waals surface area contributed by atoms with Crippen LogP contribution in [0.5, 0.6) is 0 Å². The number of rotatable bonds is 6. The Morgan fingerprint density at radius 1 is 1.13 bits per heavy atom. The molecule has 1 aromatic rings. The van der Waals surface area contributed by atoms with E-state index in [0.717, 1.165) is 32.1 Å². The molecule has 3 unspecified atom stereocenters. The first-order valence-electron chi connectivity index (χ1n) is 11.4. The summed E-state index contributed by atoms with van der Waals surface area (Å²) in [6.07, 6.45) is 5.10. The van der Waals surface area contributed by atoms with E-state index in [0.29, 0.717) is 17.9 Å². The first kappa shape index (κ1) is 25.4. The van der Waals surface area contributed by atoms with Crippen molar-refractivity contribution in [1.82, 2.24) is 15.5 Å². The fourth-order valence-electron chi connectivity index (χ4n) is 4.60. The smallest absolute Gasteiger partial charge is 0.190 e. The summed E-state index contributed by atoms with van der Waals surface area (Å²) in [5.74, 6) is 2.08. The molecule has 3 atom stereocenters. The second-order valence-electron chi connectivity index (χ2n) is 9.04. The number of hydrogen-bond donors (Lipinski definition) is 2. The molecule has 30 heavy (non-hydrogen) atoms. The lowest BCUT2D eigenvalue weighted by Crippen LogP contribution is -2.47. The highest BCUT2D eigenvalue weighted by atomic mass is 127. The molecule has 0 radical (unpaired) electrons. The van der Waals surface area contributed by atoms with Crippen LogP contribution in [0.3, 0.4) is 0 Å². The van der Waals surface area contributed by atoms with Gasteiger partial charge >= 0.3 is 0 Å². The molecule has 2 aliphatic rings. The van der Waals surface area contributed by atoms with Gasteiger partial charge in [-0.1, -0.05) is 29.8 Å². The number of aliphatic imine (C=N–C) groups is 1. The lowest BCUT2D eigenvalue weighted by molar-refractivity contribution is -0.0265. The van der Waals surface area contributed by atoms with Gasteiger partial charge in [0.15, 0.2) is 5.96 Å². The van der Waals surface area contributed by atoms with Crippen molar-refractivity contribution in [1.29, 1.82) is 0 Å². The minimum absolute atomic E-state index is 0. The Morgan fingerprint density at radius 3 is 2.57 bits per heavy atom. The van der Waals surface area contributed by atoms with Crippen molar-refractivity contribution < 1.29 is 4.74 Å². The number of halogens is 1. The summed E-state index contributed by atoms with van der Waals surface area (Å²) >= 11 is 0. The van der Waals surface area contributed by atoms with Gasteiger partial charge in [-0.15, -0.1) is 24.0 Å². The Kier molecular flexibility index (Phi) is 10.9. The summed E-state index contributed by atoms with van der Waals surface area (Å²) < 4.78 is 6.17. The van der Waals surface area contributed by atoms with E-state index in [1.54, 1.807) is 0 Å². The lowest BCUT2D eigenvalue weighted by atomic mass is 9.89. The monoisotopic (exact) mass is 528 g/mol. The van der Waals surface area contributed by atoms with Gasteiger partial charge in [0.2, 0.25) is 0 Å². The van der Waals surface area contributed by atoms with Crippen LogP contribution in [0.4, 0.5) is 0 Å². The number of nitrogens with zero attached hydrogens (tertiary/aromatic N) is 2. The molecular formula is C24H41IN4O. The van der Waals surface area contributed by atoms with E-state index >= 15 is 0 Å². The number of likely N-dealkylation sites (tertiary alicyclic amines) is 1. The van der Waals surface area contributed by atoms with Crippen molar-refractivity contribution in [2.24, 2.45) is 16.8 Å². The number of hydrogen-bond acceptors (Lipinski definition) is 3. The number of ether oxygens (including phenoxy) is 1. The molecular weight excluding hydrogens is 487 g/mol. The van der Waals surface area contributed by atoms with Crippen LogP contribution in [0, 0.1) is 18.8 Å². The Labute approximate surface area is 200 Å². The normalized spacial score (nSPS) is 25.6. The molecule has 0 spiro atoms. The maximum absolute atomic E-state index is 6.17. The molecule has 2 aliphatic heterocycles. The van der Waals surface area contributed by atoms with Crippen molar-refractivity contribution in [3.05, 3.63) is 35.4 Å². The third kappa shape index (κ3) is 7.38. The largest absolute Gasteiger partial charge is 0.373 e. The second kappa shape index (κ2) is 12.9. The topological polar surface area (TPSA) is 48.9 Å². The number of benzene rings is 1. The van der Waals surface area contributed by atoms with Gasteiger partial charge in [-0.25, -0.2) is 0 Å². The first-order valence-corrected chi connectivity index (χ1v) is 11.4. The van der Waals surface area contributed by atoms with E-state index in [1.807, 2.05) is 7.05 Å². The van der Waals surface area contributed by atoms with Crippen LogP contribution in [-0.4, -0.2) is 56.7 Å². The molecule has 6 heteroatoms. The highest BCUT2D eigenvalue weighted by Crippen LogP contribution is 2.33. The van der Waals surface area contributed by atoms with Gasteiger partial charge in [0.1, 0.15) is 0 Å². The molecule has 2 N–H and O–H groups in total. The van der Waals surface area contributed by atoms with E-state index in [2.05, 4.69) is 65.6 Å².